The van der Waals surface area contributed by atoms with Crippen molar-refractivity contribution in [1.82, 2.24) is 4.90 Å². The fourth-order valence-electron chi connectivity index (χ4n) is 3.67. The van der Waals surface area contributed by atoms with E-state index in [0.29, 0.717) is 11.6 Å². The van der Waals surface area contributed by atoms with E-state index in [4.69, 9.17) is 17.3 Å². The van der Waals surface area contributed by atoms with Gasteiger partial charge >= 0.3 is 0 Å². The molecule has 1 amide bonds. The predicted molar refractivity (Wildman–Crippen MR) is 88.0 cm³/mol. The van der Waals surface area contributed by atoms with Crippen LogP contribution < -0.4 is 5.73 Å². The second-order valence-corrected chi connectivity index (χ2v) is 6.54. The fourth-order valence-corrected chi connectivity index (χ4v) is 3.86. The topological polar surface area (TPSA) is 46.3 Å². The van der Waals surface area contributed by atoms with E-state index in [1.54, 1.807) is 0 Å². The Balaban J connectivity index is 0.00000161. The first-order chi connectivity index (χ1) is 9.62. The standard InChI is InChI=1S/C16H21ClN2O.ClH/c17-13-5-3-4-12(10-13)16(7-1-2-8-16)15(20)19-9-6-14(18)11-19;/h3-5,10,14H,1-2,6-9,11,18H2;1H/t14-;/m1./s1. The molecular weight excluding hydrogens is 307 g/mol. The Morgan fingerprint density at radius 3 is 2.62 bits per heavy atom. The van der Waals surface area contributed by atoms with Crippen molar-refractivity contribution in [3.63, 3.8) is 0 Å². The van der Waals surface area contributed by atoms with Gasteiger partial charge in [-0.05, 0) is 37.0 Å². The molecule has 2 fully saturated rings. The van der Waals surface area contributed by atoms with Crippen LogP contribution in [0.1, 0.15) is 37.7 Å². The van der Waals surface area contributed by atoms with E-state index in [0.717, 1.165) is 44.2 Å². The van der Waals surface area contributed by atoms with Gasteiger partial charge in [0, 0.05) is 24.2 Å². The van der Waals surface area contributed by atoms with Gasteiger partial charge in [-0.25, -0.2) is 0 Å². The predicted octanol–water partition coefficient (Wildman–Crippen LogP) is 3.13. The minimum atomic E-state index is -0.366. The Kier molecular flexibility index (Phi) is 5.18. The van der Waals surface area contributed by atoms with E-state index in [1.807, 2.05) is 29.2 Å². The van der Waals surface area contributed by atoms with Crippen molar-refractivity contribution in [1.29, 1.82) is 0 Å². The lowest BCUT2D eigenvalue weighted by molar-refractivity contribution is -0.136. The molecule has 0 unspecified atom stereocenters. The maximum absolute atomic E-state index is 13.1. The molecule has 1 aromatic rings. The second-order valence-electron chi connectivity index (χ2n) is 6.10. The van der Waals surface area contributed by atoms with Gasteiger partial charge in [-0.15, -0.1) is 12.4 Å². The summed E-state index contributed by atoms with van der Waals surface area (Å²) in [6, 6.07) is 7.95. The molecule has 0 spiro atoms. The average molecular weight is 329 g/mol. The molecule has 1 saturated carbocycles. The number of nitrogens with zero attached hydrogens (tertiary/aromatic N) is 1. The number of hydrogen-bond acceptors (Lipinski definition) is 2. The highest BCUT2D eigenvalue weighted by Gasteiger charge is 2.45. The first-order valence-electron chi connectivity index (χ1n) is 7.43. The van der Waals surface area contributed by atoms with Gasteiger partial charge in [-0.3, -0.25) is 4.79 Å². The molecule has 1 heterocycles. The molecule has 1 aliphatic carbocycles. The quantitative estimate of drug-likeness (QED) is 0.906. The SMILES string of the molecule is Cl.N[C@@H]1CCN(C(=O)C2(c3cccc(Cl)c3)CCCC2)C1. The van der Waals surface area contributed by atoms with Crippen molar-refractivity contribution in [2.24, 2.45) is 5.73 Å². The number of carbonyl (C=O) groups is 1. The summed E-state index contributed by atoms with van der Waals surface area (Å²) in [5, 5.41) is 0.708. The third-order valence-electron chi connectivity index (χ3n) is 4.76. The summed E-state index contributed by atoms with van der Waals surface area (Å²) in [7, 11) is 0. The van der Waals surface area contributed by atoms with Crippen LogP contribution in [0, 0.1) is 0 Å². The van der Waals surface area contributed by atoms with E-state index >= 15 is 0 Å². The molecule has 21 heavy (non-hydrogen) atoms. The average Bonchev–Trinajstić information content (AvgIpc) is 3.07. The summed E-state index contributed by atoms with van der Waals surface area (Å²) in [6.07, 6.45) is 4.99. The number of likely N-dealkylation sites (tertiary alicyclic amines) is 1. The van der Waals surface area contributed by atoms with Crippen LogP contribution in [0.15, 0.2) is 24.3 Å². The molecule has 0 bridgehead atoms. The van der Waals surface area contributed by atoms with E-state index in [1.165, 1.54) is 0 Å². The number of halogens is 2. The normalized spacial score (nSPS) is 23.9. The second kappa shape index (κ2) is 6.55. The summed E-state index contributed by atoms with van der Waals surface area (Å²) in [4.78, 5) is 15.0. The lowest BCUT2D eigenvalue weighted by atomic mass is 9.77. The maximum atomic E-state index is 13.1. The molecular formula is C16H22Cl2N2O. The smallest absolute Gasteiger partial charge is 0.233 e. The van der Waals surface area contributed by atoms with Crippen LogP contribution in [0.25, 0.3) is 0 Å². The van der Waals surface area contributed by atoms with E-state index in [2.05, 4.69) is 0 Å². The zero-order valence-electron chi connectivity index (χ0n) is 12.1. The zero-order valence-corrected chi connectivity index (χ0v) is 13.6. The summed E-state index contributed by atoms with van der Waals surface area (Å²) < 4.78 is 0. The molecule has 1 atom stereocenters. The van der Waals surface area contributed by atoms with Gasteiger partial charge in [0.05, 0.1) is 5.41 Å². The van der Waals surface area contributed by atoms with Crippen molar-refractivity contribution in [2.75, 3.05) is 13.1 Å². The van der Waals surface area contributed by atoms with E-state index in [9.17, 15) is 4.79 Å². The van der Waals surface area contributed by atoms with Gasteiger partial charge < -0.3 is 10.6 Å². The Bertz CT molecular complexity index is 515. The van der Waals surface area contributed by atoms with Gasteiger partial charge in [0.25, 0.3) is 0 Å². The third-order valence-corrected chi connectivity index (χ3v) is 4.99. The van der Waals surface area contributed by atoms with E-state index in [-0.39, 0.29) is 29.8 Å². The Morgan fingerprint density at radius 1 is 1.33 bits per heavy atom. The van der Waals surface area contributed by atoms with Crippen LogP contribution in [0.5, 0.6) is 0 Å². The lowest BCUT2D eigenvalue weighted by Crippen LogP contribution is -2.45. The van der Waals surface area contributed by atoms with Gasteiger partial charge in [-0.1, -0.05) is 36.6 Å². The van der Waals surface area contributed by atoms with Gasteiger partial charge in [-0.2, -0.15) is 0 Å². The summed E-state index contributed by atoms with van der Waals surface area (Å²) in [5.74, 6) is 0.255. The molecule has 1 aliphatic heterocycles. The number of nitrogens with two attached hydrogens (primary N) is 1. The Labute approximate surface area is 137 Å². The number of amides is 1. The van der Waals surface area contributed by atoms with Gasteiger partial charge in [0.2, 0.25) is 5.91 Å². The third kappa shape index (κ3) is 3.05. The van der Waals surface area contributed by atoms with Crippen molar-refractivity contribution in [3.8, 4) is 0 Å². The van der Waals surface area contributed by atoms with Crippen LogP contribution in [-0.4, -0.2) is 29.9 Å². The fraction of sp³-hybridized carbons (Fsp3) is 0.562. The van der Waals surface area contributed by atoms with Gasteiger partial charge in [0.1, 0.15) is 0 Å². The number of benzene rings is 1. The monoisotopic (exact) mass is 328 g/mol. The van der Waals surface area contributed by atoms with Crippen LogP contribution in [-0.2, 0) is 10.2 Å². The summed E-state index contributed by atoms with van der Waals surface area (Å²) >= 11 is 6.13. The van der Waals surface area contributed by atoms with E-state index < -0.39 is 0 Å². The molecule has 0 aromatic heterocycles. The van der Waals surface area contributed by atoms with Crippen molar-refractivity contribution < 1.29 is 4.79 Å². The molecule has 1 saturated heterocycles. The van der Waals surface area contributed by atoms with Crippen LogP contribution in [0.4, 0.5) is 0 Å². The Morgan fingerprint density at radius 2 is 2.05 bits per heavy atom. The summed E-state index contributed by atoms with van der Waals surface area (Å²) in [5.41, 5.74) is 6.66. The lowest BCUT2D eigenvalue weighted by Gasteiger charge is -2.33. The van der Waals surface area contributed by atoms with Crippen molar-refractivity contribution >= 4 is 29.9 Å². The minimum Gasteiger partial charge on any atom is -0.340 e. The maximum Gasteiger partial charge on any atom is 0.233 e. The highest BCUT2D eigenvalue weighted by Crippen LogP contribution is 2.43. The van der Waals surface area contributed by atoms with Crippen molar-refractivity contribution in [3.05, 3.63) is 34.9 Å². The number of rotatable bonds is 2. The van der Waals surface area contributed by atoms with Crippen molar-refractivity contribution in [2.45, 2.75) is 43.6 Å². The molecule has 1 aromatic carbocycles. The first kappa shape index (κ1) is 16.6. The molecule has 3 nitrogen and oxygen atoms in total. The highest BCUT2D eigenvalue weighted by molar-refractivity contribution is 6.30. The van der Waals surface area contributed by atoms with Gasteiger partial charge in [0.15, 0.2) is 0 Å². The number of carbonyl (C=O) groups excluding carboxylic acids is 1. The summed E-state index contributed by atoms with van der Waals surface area (Å²) in [6.45, 7) is 1.49. The molecule has 0 radical (unpaired) electrons. The zero-order chi connectivity index (χ0) is 14.2. The minimum absolute atomic E-state index is 0. The molecule has 5 heteroatoms. The molecule has 2 aliphatic rings. The van der Waals surface area contributed by atoms with Crippen LogP contribution in [0.3, 0.4) is 0 Å². The van der Waals surface area contributed by atoms with Crippen LogP contribution >= 0.6 is 24.0 Å². The number of hydrogen-bond donors (Lipinski definition) is 1. The highest BCUT2D eigenvalue weighted by atomic mass is 35.5. The van der Waals surface area contributed by atoms with Crippen LogP contribution in [0.2, 0.25) is 5.02 Å². The Hall–Kier alpha value is -0.770. The molecule has 116 valence electrons. The molecule has 3 rings (SSSR count). The largest absolute Gasteiger partial charge is 0.340 e. The molecule has 2 N–H and O–H groups in total. The first-order valence-corrected chi connectivity index (χ1v) is 7.81.